The van der Waals surface area contributed by atoms with Crippen molar-refractivity contribution in [2.24, 2.45) is 7.05 Å². The summed E-state index contributed by atoms with van der Waals surface area (Å²) in [5.74, 6) is 1.82. The second-order valence-electron chi connectivity index (χ2n) is 4.31. The third-order valence-electron chi connectivity index (χ3n) is 2.85. The lowest BCUT2D eigenvalue weighted by Crippen LogP contribution is -1.97. The van der Waals surface area contributed by atoms with E-state index < -0.39 is 0 Å². The Hall–Kier alpha value is -1.52. The summed E-state index contributed by atoms with van der Waals surface area (Å²) in [6.07, 6.45) is 0. The van der Waals surface area contributed by atoms with E-state index in [0.717, 1.165) is 22.6 Å². The Bertz CT molecular complexity index is 567. The standard InChI is InChI=1S/C14H17ClN2O2/c1-10-13(8-15)14(17(2)16-10)19-12-6-4-5-11(7-12)9-18-3/h4-7H,8-9H2,1-3H3. The maximum Gasteiger partial charge on any atom is 0.222 e. The average Bonchev–Trinajstić information content (AvgIpc) is 2.65. The van der Waals surface area contributed by atoms with Gasteiger partial charge in [0.2, 0.25) is 5.88 Å². The molecule has 0 aliphatic heterocycles. The van der Waals surface area contributed by atoms with Crippen LogP contribution in [-0.2, 0) is 24.3 Å². The molecule has 2 rings (SSSR count). The zero-order valence-corrected chi connectivity index (χ0v) is 12.1. The molecule has 0 unspecified atom stereocenters. The number of alkyl halides is 1. The van der Waals surface area contributed by atoms with E-state index in [1.807, 2.05) is 38.2 Å². The lowest BCUT2D eigenvalue weighted by Gasteiger charge is -2.09. The smallest absolute Gasteiger partial charge is 0.222 e. The summed E-state index contributed by atoms with van der Waals surface area (Å²) in [4.78, 5) is 0. The highest BCUT2D eigenvalue weighted by atomic mass is 35.5. The summed E-state index contributed by atoms with van der Waals surface area (Å²) in [7, 11) is 3.51. The molecule has 19 heavy (non-hydrogen) atoms. The van der Waals surface area contributed by atoms with E-state index in [2.05, 4.69) is 5.10 Å². The van der Waals surface area contributed by atoms with E-state index in [-0.39, 0.29) is 0 Å². The normalized spacial score (nSPS) is 10.7. The Kier molecular flexibility index (Phi) is 4.45. The number of hydrogen-bond donors (Lipinski definition) is 0. The molecule has 2 aromatic rings. The minimum absolute atomic E-state index is 0.382. The van der Waals surface area contributed by atoms with Crippen LogP contribution < -0.4 is 4.74 Å². The summed E-state index contributed by atoms with van der Waals surface area (Å²) >= 11 is 5.94. The number of nitrogens with zero attached hydrogens (tertiary/aromatic N) is 2. The van der Waals surface area contributed by atoms with E-state index in [1.165, 1.54) is 0 Å². The number of benzene rings is 1. The average molecular weight is 281 g/mol. The molecule has 0 aliphatic carbocycles. The number of ether oxygens (including phenoxy) is 2. The molecule has 0 fully saturated rings. The third-order valence-corrected chi connectivity index (χ3v) is 3.11. The van der Waals surface area contributed by atoms with Gasteiger partial charge in [0.05, 0.1) is 23.7 Å². The van der Waals surface area contributed by atoms with Crippen LogP contribution in [0.4, 0.5) is 0 Å². The fraction of sp³-hybridized carbons (Fsp3) is 0.357. The topological polar surface area (TPSA) is 36.3 Å². The largest absolute Gasteiger partial charge is 0.439 e. The summed E-state index contributed by atoms with van der Waals surface area (Å²) in [5, 5.41) is 4.32. The molecule has 0 N–H and O–H groups in total. The van der Waals surface area contributed by atoms with Crippen molar-refractivity contribution < 1.29 is 9.47 Å². The molecule has 0 atom stereocenters. The summed E-state index contributed by atoms with van der Waals surface area (Å²) in [6, 6.07) is 7.78. The SMILES string of the molecule is COCc1cccc(Oc2c(CCl)c(C)nn2C)c1. The first-order valence-corrected chi connectivity index (χ1v) is 6.53. The second-order valence-corrected chi connectivity index (χ2v) is 4.58. The molecule has 4 nitrogen and oxygen atoms in total. The molecular formula is C14H17ClN2O2. The van der Waals surface area contributed by atoms with Crippen molar-refractivity contribution in [3.8, 4) is 11.6 Å². The first kappa shape index (κ1) is 13.9. The third kappa shape index (κ3) is 3.08. The summed E-state index contributed by atoms with van der Waals surface area (Å²) < 4.78 is 12.7. The van der Waals surface area contributed by atoms with Crippen LogP contribution in [0.25, 0.3) is 0 Å². The van der Waals surface area contributed by atoms with Gasteiger partial charge in [-0.15, -0.1) is 11.6 Å². The Morgan fingerprint density at radius 3 is 2.84 bits per heavy atom. The molecule has 1 heterocycles. The molecule has 102 valence electrons. The summed E-state index contributed by atoms with van der Waals surface area (Å²) in [5.41, 5.74) is 2.87. The lowest BCUT2D eigenvalue weighted by atomic mass is 10.2. The van der Waals surface area contributed by atoms with Crippen LogP contribution in [0, 0.1) is 6.92 Å². The zero-order valence-electron chi connectivity index (χ0n) is 11.3. The predicted octanol–water partition coefficient (Wildman–Crippen LogP) is 3.41. The minimum Gasteiger partial charge on any atom is -0.439 e. The lowest BCUT2D eigenvalue weighted by molar-refractivity contribution is 0.184. The monoisotopic (exact) mass is 280 g/mol. The molecule has 0 aliphatic rings. The maximum absolute atomic E-state index is 5.94. The van der Waals surface area contributed by atoms with Crippen molar-refractivity contribution in [1.82, 2.24) is 9.78 Å². The zero-order chi connectivity index (χ0) is 13.8. The molecule has 0 spiro atoms. The van der Waals surface area contributed by atoms with Crippen LogP contribution in [0.1, 0.15) is 16.8 Å². The van der Waals surface area contributed by atoms with Gasteiger partial charge in [0.15, 0.2) is 0 Å². The van der Waals surface area contributed by atoms with Crippen molar-refractivity contribution in [1.29, 1.82) is 0 Å². The predicted molar refractivity (Wildman–Crippen MR) is 74.7 cm³/mol. The highest BCUT2D eigenvalue weighted by Gasteiger charge is 2.14. The number of hydrogen-bond acceptors (Lipinski definition) is 3. The number of aromatic nitrogens is 2. The summed E-state index contributed by atoms with van der Waals surface area (Å²) in [6.45, 7) is 2.48. The van der Waals surface area contributed by atoms with Crippen LogP contribution in [-0.4, -0.2) is 16.9 Å². The minimum atomic E-state index is 0.382. The number of halogens is 1. The van der Waals surface area contributed by atoms with Gasteiger partial charge >= 0.3 is 0 Å². The van der Waals surface area contributed by atoms with Crippen molar-refractivity contribution >= 4 is 11.6 Å². The van der Waals surface area contributed by atoms with Gasteiger partial charge < -0.3 is 9.47 Å². The van der Waals surface area contributed by atoms with Crippen LogP contribution >= 0.6 is 11.6 Å². The second kappa shape index (κ2) is 6.08. The Labute approximate surface area is 117 Å². The van der Waals surface area contributed by atoms with E-state index in [9.17, 15) is 0 Å². The van der Waals surface area contributed by atoms with Crippen LogP contribution in [0.2, 0.25) is 0 Å². The van der Waals surface area contributed by atoms with Crippen LogP contribution in [0.5, 0.6) is 11.6 Å². The molecule has 0 radical (unpaired) electrons. The fourth-order valence-electron chi connectivity index (χ4n) is 1.94. The highest BCUT2D eigenvalue weighted by molar-refractivity contribution is 6.17. The van der Waals surface area contributed by atoms with Crippen molar-refractivity contribution in [2.45, 2.75) is 19.4 Å². The molecule has 1 aromatic heterocycles. The van der Waals surface area contributed by atoms with E-state index in [4.69, 9.17) is 21.1 Å². The van der Waals surface area contributed by atoms with E-state index >= 15 is 0 Å². The van der Waals surface area contributed by atoms with Crippen molar-refractivity contribution in [2.75, 3.05) is 7.11 Å². The Morgan fingerprint density at radius 1 is 1.37 bits per heavy atom. The molecule has 0 bridgehead atoms. The van der Waals surface area contributed by atoms with Crippen LogP contribution in [0.15, 0.2) is 24.3 Å². The van der Waals surface area contributed by atoms with Gasteiger partial charge in [-0.25, -0.2) is 4.68 Å². The van der Waals surface area contributed by atoms with Crippen LogP contribution in [0.3, 0.4) is 0 Å². The number of aryl methyl sites for hydroxylation is 2. The first-order valence-electron chi connectivity index (χ1n) is 6.00. The number of methoxy groups -OCH3 is 1. The molecule has 0 saturated heterocycles. The van der Waals surface area contributed by atoms with Crippen molar-refractivity contribution in [3.63, 3.8) is 0 Å². The Morgan fingerprint density at radius 2 is 2.16 bits per heavy atom. The van der Waals surface area contributed by atoms with Gasteiger partial charge in [-0.2, -0.15) is 5.10 Å². The molecule has 0 amide bonds. The quantitative estimate of drug-likeness (QED) is 0.788. The molecular weight excluding hydrogens is 264 g/mol. The molecule has 1 aromatic carbocycles. The molecule has 0 saturated carbocycles. The van der Waals surface area contributed by atoms with E-state index in [1.54, 1.807) is 11.8 Å². The van der Waals surface area contributed by atoms with Crippen molar-refractivity contribution in [3.05, 3.63) is 41.1 Å². The van der Waals surface area contributed by atoms with E-state index in [0.29, 0.717) is 18.4 Å². The fourth-order valence-corrected chi connectivity index (χ4v) is 2.25. The van der Waals surface area contributed by atoms with Gasteiger partial charge in [-0.3, -0.25) is 0 Å². The highest BCUT2D eigenvalue weighted by Crippen LogP contribution is 2.28. The first-order chi connectivity index (χ1) is 9.15. The maximum atomic E-state index is 5.94. The van der Waals surface area contributed by atoms with Gasteiger partial charge in [0, 0.05) is 14.2 Å². The van der Waals surface area contributed by atoms with Gasteiger partial charge in [-0.1, -0.05) is 12.1 Å². The Balaban J connectivity index is 2.28. The number of rotatable bonds is 5. The molecule has 5 heteroatoms. The van der Waals surface area contributed by atoms with Gasteiger partial charge in [0.1, 0.15) is 5.75 Å². The van der Waals surface area contributed by atoms with Gasteiger partial charge in [0.25, 0.3) is 0 Å². The van der Waals surface area contributed by atoms with Gasteiger partial charge in [-0.05, 0) is 24.6 Å².